The van der Waals surface area contributed by atoms with Crippen LogP contribution in [0.2, 0.25) is 0 Å². The second kappa shape index (κ2) is 20.3. The number of halogens is 2. The van der Waals surface area contributed by atoms with Gasteiger partial charge in [-0.2, -0.15) is 0 Å². The Labute approximate surface area is 178 Å². The van der Waals surface area contributed by atoms with Crippen LogP contribution in [0.1, 0.15) is 51.4 Å². The second-order valence-corrected chi connectivity index (χ2v) is 5.98. The van der Waals surface area contributed by atoms with Gasteiger partial charge in [0.05, 0.1) is 0 Å². The van der Waals surface area contributed by atoms with Crippen molar-refractivity contribution in [2.45, 2.75) is 62.1 Å². The summed E-state index contributed by atoms with van der Waals surface area (Å²) < 4.78 is 0. The van der Waals surface area contributed by atoms with Crippen LogP contribution in [0.3, 0.4) is 0 Å². The Kier molecular flexibility index (Phi) is 24.8. The van der Waals surface area contributed by atoms with Crippen molar-refractivity contribution in [3.8, 4) is 0 Å². The molecule has 0 heterocycles. The number of hydrogen-bond acceptors (Lipinski definition) is 4. The molecule has 0 N–H and O–H groups in total. The molecule has 0 aromatic rings. The fourth-order valence-corrected chi connectivity index (χ4v) is 1.91. The zero-order valence-electron chi connectivity index (χ0n) is 13.5. The Morgan fingerprint density at radius 1 is 0.826 bits per heavy atom. The van der Waals surface area contributed by atoms with Crippen molar-refractivity contribution < 1.29 is 19.8 Å². The van der Waals surface area contributed by atoms with E-state index in [1.807, 2.05) is 0 Å². The van der Waals surface area contributed by atoms with Crippen molar-refractivity contribution in [1.82, 2.24) is 0 Å². The molecule has 0 saturated carbocycles. The number of aliphatic carboxylic acids is 2. The van der Waals surface area contributed by atoms with Gasteiger partial charge in [-0.05, 0) is 51.4 Å². The van der Waals surface area contributed by atoms with E-state index >= 15 is 0 Å². The van der Waals surface area contributed by atoms with Crippen LogP contribution in [-0.4, -0.2) is 60.4 Å². The summed E-state index contributed by atoms with van der Waals surface area (Å²) in [6.07, 6.45) is 7.86. The van der Waals surface area contributed by atoms with Crippen molar-refractivity contribution in [1.29, 1.82) is 0 Å². The van der Waals surface area contributed by atoms with E-state index in [0.717, 1.165) is 25.7 Å². The van der Waals surface area contributed by atoms with Crippen molar-refractivity contribution >= 4 is 72.9 Å². The summed E-state index contributed by atoms with van der Waals surface area (Å²) in [6, 6.07) is 0. The summed E-state index contributed by atoms with van der Waals surface area (Å²) in [4.78, 5) is 20.0. The molecule has 0 aliphatic rings. The van der Waals surface area contributed by atoms with E-state index < -0.39 is 11.9 Å². The zero-order valence-corrected chi connectivity index (χ0v) is 17.2. The predicted molar refractivity (Wildman–Crippen MR) is 92.4 cm³/mol. The Morgan fingerprint density at radius 2 is 1.13 bits per heavy atom. The molecule has 128 valence electrons. The average Bonchev–Trinajstić information content (AvgIpc) is 2.47. The number of carbonyl (C=O) groups excluding carboxylic acids is 2. The van der Waals surface area contributed by atoms with Crippen LogP contribution in [0.4, 0.5) is 0 Å². The van der Waals surface area contributed by atoms with Crippen LogP contribution in [0.5, 0.6) is 0 Å². The van der Waals surface area contributed by atoms with Crippen LogP contribution < -0.4 is 10.2 Å². The van der Waals surface area contributed by atoms with Crippen LogP contribution in [-0.2, 0) is 9.59 Å². The summed E-state index contributed by atoms with van der Waals surface area (Å²) in [5.74, 6) is -2.07. The Hall–Kier alpha value is 0.260. The molecule has 2 atom stereocenters. The monoisotopic (exact) mass is 390 g/mol. The summed E-state index contributed by atoms with van der Waals surface area (Å²) >= 11 is 11.5. The third-order valence-electron chi connectivity index (χ3n) is 2.69. The smallest absolute Gasteiger partial charge is 0.550 e. The number of carboxylic acid groups (broad SMARTS) is 2. The molecule has 0 aromatic carbocycles. The van der Waals surface area contributed by atoms with Gasteiger partial charge in [0, 0.05) is 22.7 Å². The first-order valence-electron chi connectivity index (χ1n) is 7.23. The van der Waals surface area contributed by atoms with Gasteiger partial charge < -0.3 is 19.8 Å². The molecule has 0 aromatic heterocycles. The topological polar surface area (TPSA) is 80.3 Å². The first kappa shape index (κ1) is 28.1. The third-order valence-corrected chi connectivity index (χ3v) is 3.56. The second-order valence-electron chi connectivity index (χ2n) is 4.75. The Bertz CT molecular complexity index is 306. The van der Waals surface area contributed by atoms with Crippen molar-refractivity contribution in [3.63, 3.8) is 0 Å². The fourth-order valence-electron chi connectivity index (χ4n) is 1.44. The number of hydrogen-bond donors (Lipinski definition) is 0. The SMILES string of the molecule is C=CCCC(Cl)CCC(=O)[O-].C=CCCC(Cl)CCC(=O)[O-].[Ca+2]. The normalized spacial score (nSPS) is 11.9. The van der Waals surface area contributed by atoms with Crippen LogP contribution in [0, 0.1) is 0 Å². The van der Waals surface area contributed by atoms with Crippen LogP contribution in [0.25, 0.3) is 0 Å². The van der Waals surface area contributed by atoms with E-state index in [0.29, 0.717) is 12.8 Å². The van der Waals surface area contributed by atoms with Gasteiger partial charge in [0.1, 0.15) is 0 Å². The summed E-state index contributed by atoms with van der Waals surface area (Å²) in [5, 5.41) is 19.8. The average molecular weight is 391 g/mol. The van der Waals surface area contributed by atoms with Gasteiger partial charge >= 0.3 is 37.7 Å². The molecule has 4 nitrogen and oxygen atoms in total. The number of allylic oxidation sites excluding steroid dienone is 2. The number of rotatable bonds is 12. The molecule has 2 unspecified atom stereocenters. The van der Waals surface area contributed by atoms with Crippen molar-refractivity contribution in [2.24, 2.45) is 0 Å². The number of carboxylic acids is 2. The molecule has 7 heteroatoms. The molecule has 0 saturated heterocycles. The van der Waals surface area contributed by atoms with Gasteiger partial charge in [0.25, 0.3) is 0 Å². The van der Waals surface area contributed by atoms with Crippen molar-refractivity contribution in [2.75, 3.05) is 0 Å². The molecular weight excluding hydrogens is 367 g/mol. The van der Waals surface area contributed by atoms with E-state index in [-0.39, 0.29) is 61.3 Å². The Balaban J connectivity index is -0.000000333. The maximum atomic E-state index is 9.99. The standard InChI is InChI=1S/2C8H13ClO2.Ca/c2*1-2-3-4-7(9)5-6-8(10)11;/h2*2,7H,1,3-6H2,(H,10,11);/q;;+2/p-2. The largest absolute Gasteiger partial charge is 2.00 e. The van der Waals surface area contributed by atoms with Crippen LogP contribution >= 0.6 is 23.2 Å². The fraction of sp³-hybridized carbons (Fsp3) is 0.625. The van der Waals surface area contributed by atoms with E-state index in [2.05, 4.69) is 13.2 Å². The minimum Gasteiger partial charge on any atom is -0.550 e. The minimum absolute atomic E-state index is 0. The molecule has 0 bridgehead atoms. The molecule has 0 amide bonds. The van der Waals surface area contributed by atoms with Crippen molar-refractivity contribution in [3.05, 3.63) is 25.3 Å². The number of alkyl halides is 2. The summed E-state index contributed by atoms with van der Waals surface area (Å²) in [5.41, 5.74) is 0. The minimum atomic E-state index is -1.03. The molecule has 0 fully saturated rings. The zero-order chi connectivity index (χ0) is 17.4. The predicted octanol–water partition coefficient (Wildman–Crippen LogP) is 1.80. The molecule has 0 spiro atoms. The molecule has 23 heavy (non-hydrogen) atoms. The molecule has 0 radical (unpaired) electrons. The molecule has 0 rings (SSSR count). The van der Waals surface area contributed by atoms with E-state index in [1.54, 1.807) is 12.2 Å². The van der Waals surface area contributed by atoms with Crippen LogP contribution in [0.15, 0.2) is 25.3 Å². The van der Waals surface area contributed by atoms with Gasteiger partial charge in [0.15, 0.2) is 0 Å². The summed E-state index contributed by atoms with van der Waals surface area (Å²) in [6.45, 7) is 7.08. The van der Waals surface area contributed by atoms with Gasteiger partial charge in [-0.3, -0.25) is 0 Å². The van der Waals surface area contributed by atoms with E-state index in [4.69, 9.17) is 23.2 Å². The maximum absolute atomic E-state index is 9.99. The molecule has 0 aliphatic heterocycles. The van der Waals surface area contributed by atoms with Gasteiger partial charge in [-0.15, -0.1) is 36.4 Å². The van der Waals surface area contributed by atoms with Gasteiger partial charge in [0.2, 0.25) is 0 Å². The summed E-state index contributed by atoms with van der Waals surface area (Å²) in [7, 11) is 0. The third kappa shape index (κ3) is 27.4. The molecular formula is C16H24CaCl2O4. The molecule has 0 aliphatic carbocycles. The number of carbonyl (C=O) groups is 2. The van der Waals surface area contributed by atoms with Gasteiger partial charge in [-0.1, -0.05) is 12.2 Å². The quantitative estimate of drug-likeness (QED) is 0.289. The maximum Gasteiger partial charge on any atom is 2.00 e. The first-order chi connectivity index (χ1) is 10.3. The Morgan fingerprint density at radius 3 is 1.35 bits per heavy atom. The van der Waals surface area contributed by atoms with Gasteiger partial charge in [-0.25, -0.2) is 0 Å². The van der Waals surface area contributed by atoms with E-state index in [1.165, 1.54) is 0 Å². The first-order valence-corrected chi connectivity index (χ1v) is 8.10. The van der Waals surface area contributed by atoms with E-state index in [9.17, 15) is 19.8 Å².